The van der Waals surface area contributed by atoms with E-state index in [0.29, 0.717) is 5.92 Å². The molecule has 0 bridgehead atoms. The molecule has 0 fully saturated rings. The van der Waals surface area contributed by atoms with Crippen molar-refractivity contribution in [3.63, 3.8) is 0 Å². The quantitative estimate of drug-likeness (QED) is 0.369. The fraction of sp³-hybridized carbons (Fsp3) is 0.333. The van der Waals surface area contributed by atoms with Gasteiger partial charge < -0.3 is 0 Å². The molecule has 4 rings (SSSR count). The second-order valence-electron chi connectivity index (χ2n) is 7.48. The molecular formula is C24H27N3S. The molecule has 3 nitrogen and oxygen atoms in total. The summed E-state index contributed by atoms with van der Waals surface area (Å²) in [4.78, 5) is 7.56. The summed E-state index contributed by atoms with van der Waals surface area (Å²) in [6.45, 7) is 10.9. The van der Waals surface area contributed by atoms with E-state index in [4.69, 9.17) is 10.1 Å². The molecule has 0 N–H and O–H groups in total. The number of aromatic nitrogens is 3. The number of benzene rings is 1. The zero-order chi connectivity index (χ0) is 19.8. The molecule has 144 valence electrons. The van der Waals surface area contributed by atoms with Gasteiger partial charge in [-0.05, 0) is 57.2 Å². The zero-order valence-electron chi connectivity index (χ0n) is 17.3. The lowest BCUT2D eigenvalue weighted by Gasteiger charge is -2.14. The minimum Gasteiger partial charge on any atom is -0.231 e. The number of hydrogen-bond donors (Lipinski definition) is 0. The van der Waals surface area contributed by atoms with Crippen molar-refractivity contribution in [2.24, 2.45) is 0 Å². The summed E-state index contributed by atoms with van der Waals surface area (Å²) in [5.41, 5.74) is 8.05. The van der Waals surface area contributed by atoms with Crippen molar-refractivity contribution < 1.29 is 0 Å². The van der Waals surface area contributed by atoms with Crippen molar-refractivity contribution in [2.75, 3.05) is 0 Å². The van der Waals surface area contributed by atoms with Gasteiger partial charge in [-0.25, -0.2) is 9.50 Å². The van der Waals surface area contributed by atoms with E-state index in [1.807, 2.05) is 11.3 Å². The van der Waals surface area contributed by atoms with E-state index in [-0.39, 0.29) is 0 Å². The van der Waals surface area contributed by atoms with Gasteiger partial charge in [0.25, 0.3) is 0 Å². The first-order chi connectivity index (χ1) is 13.5. The van der Waals surface area contributed by atoms with Crippen LogP contribution in [0.4, 0.5) is 0 Å². The van der Waals surface area contributed by atoms with Crippen LogP contribution in [0.15, 0.2) is 42.5 Å². The zero-order valence-corrected chi connectivity index (χ0v) is 18.1. The molecule has 0 aliphatic heterocycles. The van der Waals surface area contributed by atoms with Gasteiger partial charge in [-0.1, -0.05) is 44.2 Å². The van der Waals surface area contributed by atoms with E-state index in [9.17, 15) is 0 Å². The molecule has 4 heteroatoms. The van der Waals surface area contributed by atoms with Crippen LogP contribution in [-0.2, 0) is 0 Å². The normalized spacial score (nSPS) is 11.6. The lowest BCUT2D eigenvalue weighted by molar-refractivity contribution is 0.638. The van der Waals surface area contributed by atoms with Gasteiger partial charge in [-0.3, -0.25) is 0 Å². The predicted molar refractivity (Wildman–Crippen MR) is 119 cm³/mol. The molecule has 0 unspecified atom stereocenters. The van der Waals surface area contributed by atoms with Crippen LogP contribution < -0.4 is 0 Å². The summed E-state index contributed by atoms with van der Waals surface area (Å²) in [6, 6.07) is 15.1. The highest BCUT2D eigenvalue weighted by Crippen LogP contribution is 2.39. The Morgan fingerprint density at radius 2 is 1.71 bits per heavy atom. The highest BCUT2D eigenvalue weighted by atomic mass is 32.1. The Hall–Kier alpha value is -2.46. The van der Waals surface area contributed by atoms with E-state index < -0.39 is 0 Å². The number of nitrogens with zero attached hydrogens (tertiary/aromatic N) is 3. The van der Waals surface area contributed by atoms with Crippen LogP contribution in [0.25, 0.3) is 27.3 Å². The van der Waals surface area contributed by atoms with Crippen LogP contribution in [0, 0.1) is 20.8 Å². The Morgan fingerprint density at radius 3 is 2.39 bits per heavy atom. The monoisotopic (exact) mass is 389 g/mol. The molecule has 0 saturated heterocycles. The first-order valence-electron chi connectivity index (χ1n) is 10.1. The van der Waals surface area contributed by atoms with Crippen LogP contribution in [0.1, 0.15) is 54.4 Å². The van der Waals surface area contributed by atoms with Gasteiger partial charge in [-0.2, -0.15) is 5.10 Å². The molecule has 0 spiro atoms. The molecule has 0 amide bonds. The maximum Gasteiger partial charge on any atom is 0.157 e. The summed E-state index contributed by atoms with van der Waals surface area (Å²) >= 11 is 1.84. The Morgan fingerprint density at radius 1 is 1.00 bits per heavy atom. The molecule has 0 aliphatic carbocycles. The minimum atomic E-state index is 0.516. The number of imidazole rings is 1. The maximum absolute atomic E-state index is 4.98. The Balaban J connectivity index is 1.93. The third-order valence-corrected chi connectivity index (χ3v) is 6.67. The fourth-order valence-corrected chi connectivity index (χ4v) is 5.10. The van der Waals surface area contributed by atoms with Gasteiger partial charge in [0.15, 0.2) is 5.65 Å². The second kappa shape index (κ2) is 7.51. The minimum absolute atomic E-state index is 0.516. The van der Waals surface area contributed by atoms with Crippen molar-refractivity contribution in [2.45, 2.75) is 53.4 Å². The summed E-state index contributed by atoms with van der Waals surface area (Å²) in [6.07, 6.45) is 2.24. The molecule has 4 aromatic rings. The Bertz CT molecular complexity index is 1120. The molecule has 28 heavy (non-hydrogen) atoms. The largest absolute Gasteiger partial charge is 0.231 e. The third-order valence-electron chi connectivity index (χ3n) is 5.57. The molecular weight excluding hydrogens is 362 g/mol. The summed E-state index contributed by atoms with van der Waals surface area (Å²) in [5, 5.41) is 4.87. The number of hydrogen-bond acceptors (Lipinski definition) is 3. The van der Waals surface area contributed by atoms with Crippen LogP contribution >= 0.6 is 11.3 Å². The lowest BCUT2D eigenvalue weighted by atomic mass is 9.95. The van der Waals surface area contributed by atoms with Crippen molar-refractivity contribution in [1.29, 1.82) is 0 Å². The average Bonchev–Trinajstić information content (AvgIpc) is 3.22. The lowest BCUT2D eigenvalue weighted by Crippen LogP contribution is -2.05. The SMILES string of the molecule is CCC(CC)c1cc(C)nn2c(-c3cc(-c4ccccc4)sc3C)c(C)nc12. The van der Waals surface area contributed by atoms with Crippen molar-refractivity contribution >= 4 is 17.0 Å². The highest BCUT2D eigenvalue weighted by molar-refractivity contribution is 7.16. The van der Waals surface area contributed by atoms with E-state index in [1.165, 1.54) is 26.4 Å². The topological polar surface area (TPSA) is 30.2 Å². The fourth-order valence-electron chi connectivity index (χ4n) is 4.08. The molecule has 0 aliphatic rings. The van der Waals surface area contributed by atoms with E-state index >= 15 is 0 Å². The number of rotatable bonds is 5. The van der Waals surface area contributed by atoms with Crippen LogP contribution in [-0.4, -0.2) is 14.6 Å². The first kappa shape index (κ1) is 18.9. The second-order valence-corrected chi connectivity index (χ2v) is 8.74. The van der Waals surface area contributed by atoms with Crippen LogP contribution in [0.3, 0.4) is 0 Å². The summed E-state index contributed by atoms with van der Waals surface area (Å²) in [7, 11) is 0. The van der Waals surface area contributed by atoms with Crippen LogP contribution in [0.5, 0.6) is 0 Å². The predicted octanol–water partition coefficient (Wildman–Crippen LogP) is 6.95. The molecule has 1 aromatic carbocycles. The van der Waals surface area contributed by atoms with Crippen molar-refractivity contribution in [3.8, 4) is 21.7 Å². The maximum atomic E-state index is 4.98. The summed E-state index contributed by atoms with van der Waals surface area (Å²) < 4.78 is 2.09. The van der Waals surface area contributed by atoms with Gasteiger partial charge in [0, 0.05) is 20.9 Å². The molecule has 0 atom stereocenters. The smallest absolute Gasteiger partial charge is 0.157 e. The van der Waals surface area contributed by atoms with Gasteiger partial charge in [0.05, 0.1) is 17.1 Å². The van der Waals surface area contributed by atoms with Gasteiger partial charge >= 0.3 is 0 Å². The van der Waals surface area contributed by atoms with E-state index in [0.717, 1.165) is 35.6 Å². The number of aryl methyl sites for hydroxylation is 3. The molecule has 0 radical (unpaired) electrons. The summed E-state index contributed by atoms with van der Waals surface area (Å²) in [5.74, 6) is 0.516. The number of fused-ring (bicyclic) bond motifs is 1. The molecule has 3 aromatic heterocycles. The Kier molecular flexibility index (Phi) is 5.07. The van der Waals surface area contributed by atoms with Crippen molar-refractivity contribution in [3.05, 3.63) is 64.3 Å². The van der Waals surface area contributed by atoms with Crippen LogP contribution in [0.2, 0.25) is 0 Å². The van der Waals surface area contributed by atoms with Gasteiger partial charge in [0.1, 0.15) is 0 Å². The van der Waals surface area contributed by atoms with E-state index in [2.05, 4.69) is 81.6 Å². The third kappa shape index (κ3) is 3.16. The molecule has 0 saturated carbocycles. The molecule has 3 heterocycles. The first-order valence-corrected chi connectivity index (χ1v) is 10.9. The average molecular weight is 390 g/mol. The standard InChI is InChI=1S/C24H27N3S/c1-6-18(7-2)21-13-15(3)26-27-23(16(4)25-24(21)27)20-14-22(28-17(20)5)19-11-9-8-10-12-19/h8-14,18H,6-7H2,1-5H3. The van der Waals surface area contributed by atoms with Crippen molar-refractivity contribution in [1.82, 2.24) is 14.6 Å². The van der Waals surface area contributed by atoms with E-state index in [1.54, 1.807) is 0 Å². The Labute approximate surface area is 171 Å². The van der Waals surface area contributed by atoms with Gasteiger partial charge in [0.2, 0.25) is 0 Å². The number of thiophene rings is 1. The van der Waals surface area contributed by atoms with Gasteiger partial charge in [-0.15, -0.1) is 11.3 Å². The highest BCUT2D eigenvalue weighted by Gasteiger charge is 2.21.